The van der Waals surface area contributed by atoms with Gasteiger partial charge in [0.15, 0.2) is 10.8 Å². The summed E-state index contributed by atoms with van der Waals surface area (Å²) in [5, 5.41) is 6.89. The lowest BCUT2D eigenvalue weighted by Crippen LogP contribution is -2.56. The number of Topliss-reactive ketones (excluding diaryl/α,β-unsaturated/α-hetero) is 1. The first kappa shape index (κ1) is 26.1. The summed E-state index contributed by atoms with van der Waals surface area (Å²) in [5.41, 5.74) is 2.82. The molecular weight excluding hydrogens is 484 g/mol. The maximum absolute atomic E-state index is 13.3. The van der Waals surface area contributed by atoms with E-state index in [1.54, 1.807) is 31.3 Å². The molecule has 1 saturated heterocycles. The van der Waals surface area contributed by atoms with Crippen LogP contribution in [0, 0.1) is 5.92 Å². The van der Waals surface area contributed by atoms with E-state index in [9.17, 15) is 22.8 Å². The van der Waals surface area contributed by atoms with E-state index in [0.717, 1.165) is 30.0 Å². The molecule has 0 spiro atoms. The second kappa shape index (κ2) is 11.4. The molecule has 3 aliphatic rings. The quantitative estimate of drug-likeness (QED) is 0.494. The number of hydrogen-bond acceptors (Lipinski definition) is 7. The van der Waals surface area contributed by atoms with Crippen LogP contribution in [0.3, 0.4) is 0 Å². The minimum Gasteiger partial charge on any atom is -0.344 e. The smallest absolute Gasteiger partial charge is 0.336 e. The van der Waals surface area contributed by atoms with Gasteiger partial charge < -0.3 is 16.1 Å². The number of nitrogens with zero attached hydrogens (tertiary/aromatic N) is 3. The average molecular weight is 519 g/mol. The number of carbonyl (C=O) groups is 3. The maximum Gasteiger partial charge on any atom is 0.336 e. The molecule has 0 aromatic carbocycles. The lowest BCUT2D eigenvalue weighted by molar-refractivity contribution is -0.129. The minimum atomic E-state index is -3.96. The van der Waals surface area contributed by atoms with Crippen LogP contribution in [-0.4, -0.2) is 71.7 Å². The number of ketones is 1. The molecule has 4 rings (SSSR count). The molecule has 3 heterocycles. The summed E-state index contributed by atoms with van der Waals surface area (Å²) in [4.78, 5) is 43.1. The Kier molecular flexibility index (Phi) is 8.24. The highest BCUT2D eigenvalue weighted by molar-refractivity contribution is 7.89. The Morgan fingerprint density at radius 2 is 1.97 bits per heavy atom. The molecule has 196 valence electrons. The van der Waals surface area contributed by atoms with Crippen LogP contribution in [0.1, 0.15) is 51.9 Å². The van der Waals surface area contributed by atoms with E-state index in [0.29, 0.717) is 31.7 Å². The number of hydrazine groups is 1. The van der Waals surface area contributed by atoms with Gasteiger partial charge in [0.25, 0.3) is 10.0 Å². The Balaban J connectivity index is 1.44. The topological polar surface area (TPSA) is 141 Å². The summed E-state index contributed by atoms with van der Waals surface area (Å²) in [7, 11) is -3.96. The molecule has 1 saturated carbocycles. The van der Waals surface area contributed by atoms with Gasteiger partial charge in [0.05, 0.1) is 19.1 Å². The van der Waals surface area contributed by atoms with Gasteiger partial charge in [-0.25, -0.2) is 23.2 Å². The van der Waals surface area contributed by atoms with Crippen molar-refractivity contribution in [2.24, 2.45) is 5.92 Å². The van der Waals surface area contributed by atoms with E-state index < -0.39 is 40.1 Å². The zero-order valence-corrected chi connectivity index (χ0v) is 21.2. The molecule has 11 nitrogen and oxygen atoms in total. The molecule has 0 radical (unpaired) electrons. The third-order valence-corrected chi connectivity index (χ3v) is 9.01. The van der Waals surface area contributed by atoms with Gasteiger partial charge in [-0.05, 0) is 50.3 Å². The molecule has 36 heavy (non-hydrogen) atoms. The summed E-state index contributed by atoms with van der Waals surface area (Å²) >= 11 is 0. The van der Waals surface area contributed by atoms with Crippen molar-refractivity contribution < 1.29 is 22.8 Å². The number of nitrogens with one attached hydrogen (secondary N) is 3. The lowest BCUT2D eigenvalue weighted by atomic mass is 9.97. The zero-order chi connectivity index (χ0) is 25.7. The molecule has 3 amide bonds. The molecule has 1 aromatic heterocycles. The van der Waals surface area contributed by atoms with Crippen LogP contribution in [0.15, 0.2) is 41.7 Å². The Morgan fingerprint density at radius 3 is 2.64 bits per heavy atom. The second-order valence-electron chi connectivity index (χ2n) is 9.70. The minimum absolute atomic E-state index is 0.114. The Labute approximate surface area is 211 Å². The first-order chi connectivity index (χ1) is 17.3. The van der Waals surface area contributed by atoms with Crippen LogP contribution < -0.4 is 16.1 Å². The Morgan fingerprint density at radius 1 is 1.19 bits per heavy atom. The SMILES string of the molecule is C[C@@H]1CC[C@H](NC(=O)[C@H](CC2CCCC2)NC(=O)N2CC=CN2)C(=O)CN1S(=O)(=O)c1ccccn1. The van der Waals surface area contributed by atoms with E-state index >= 15 is 0 Å². The highest BCUT2D eigenvalue weighted by Gasteiger charge is 2.38. The van der Waals surface area contributed by atoms with Crippen molar-refractivity contribution >= 4 is 27.7 Å². The first-order valence-corrected chi connectivity index (χ1v) is 13.9. The third kappa shape index (κ3) is 6.04. The molecule has 0 bridgehead atoms. The third-order valence-electron chi connectivity index (χ3n) is 7.13. The number of urea groups is 1. The number of rotatable bonds is 7. The van der Waals surface area contributed by atoms with Crippen molar-refractivity contribution in [3.8, 4) is 0 Å². The fourth-order valence-corrected chi connectivity index (χ4v) is 6.59. The van der Waals surface area contributed by atoms with Gasteiger partial charge in [-0.1, -0.05) is 31.7 Å². The monoisotopic (exact) mass is 518 g/mol. The number of pyridine rings is 1. The summed E-state index contributed by atoms with van der Waals surface area (Å²) < 4.78 is 27.4. The van der Waals surface area contributed by atoms with Crippen LogP contribution in [0.5, 0.6) is 0 Å². The van der Waals surface area contributed by atoms with Crippen molar-refractivity contribution in [3.63, 3.8) is 0 Å². The second-order valence-corrected chi connectivity index (χ2v) is 11.5. The molecule has 3 N–H and O–H groups in total. The fraction of sp³-hybridized carbons (Fsp3) is 0.583. The number of aromatic nitrogens is 1. The standard InChI is InChI=1S/C24H34N6O5S/c1-17-10-11-19(21(31)16-30(17)36(34,35)22-9-4-5-12-25-22)27-23(32)20(15-18-7-2-3-8-18)28-24(33)29-14-6-13-26-29/h4-6,9,12-13,17-20,26H,2-3,7-8,10-11,14-16H2,1H3,(H,27,32)(H,28,33)/t17-,19+,20+/m1/s1. The molecule has 2 fully saturated rings. The van der Waals surface area contributed by atoms with Crippen LogP contribution in [0.2, 0.25) is 0 Å². The number of carbonyl (C=O) groups excluding carboxylic acids is 3. The normalized spacial score (nSPS) is 24.2. The van der Waals surface area contributed by atoms with Crippen molar-refractivity contribution in [1.82, 2.24) is 30.4 Å². The van der Waals surface area contributed by atoms with E-state index in [2.05, 4.69) is 21.0 Å². The van der Waals surface area contributed by atoms with E-state index in [1.807, 2.05) is 0 Å². The van der Waals surface area contributed by atoms with E-state index in [-0.39, 0.29) is 17.4 Å². The summed E-state index contributed by atoms with van der Waals surface area (Å²) in [6.07, 6.45) is 10.3. The predicted molar refractivity (Wildman–Crippen MR) is 132 cm³/mol. The highest BCUT2D eigenvalue weighted by Crippen LogP contribution is 2.29. The summed E-state index contributed by atoms with van der Waals surface area (Å²) in [6.45, 7) is 1.79. The largest absolute Gasteiger partial charge is 0.344 e. The van der Waals surface area contributed by atoms with Gasteiger partial charge in [0.2, 0.25) is 5.91 Å². The molecule has 12 heteroatoms. The molecule has 2 aliphatic heterocycles. The summed E-state index contributed by atoms with van der Waals surface area (Å²) in [5.74, 6) is -0.479. The van der Waals surface area contributed by atoms with Gasteiger partial charge >= 0.3 is 6.03 Å². The van der Waals surface area contributed by atoms with Gasteiger partial charge in [0.1, 0.15) is 6.04 Å². The molecular formula is C24H34N6O5S. The van der Waals surface area contributed by atoms with Crippen LogP contribution in [-0.2, 0) is 19.6 Å². The molecule has 0 unspecified atom stereocenters. The fourth-order valence-electron chi connectivity index (χ4n) is 5.03. The number of sulfonamides is 1. The average Bonchev–Trinajstić information content (AvgIpc) is 3.57. The van der Waals surface area contributed by atoms with Gasteiger partial charge in [-0.15, -0.1) is 0 Å². The van der Waals surface area contributed by atoms with Gasteiger partial charge in [-0.3, -0.25) is 9.59 Å². The van der Waals surface area contributed by atoms with E-state index in [1.165, 1.54) is 17.3 Å². The van der Waals surface area contributed by atoms with Crippen molar-refractivity contribution in [2.75, 3.05) is 13.1 Å². The predicted octanol–water partition coefficient (Wildman–Crippen LogP) is 1.30. The Hall–Kier alpha value is -2.99. The lowest BCUT2D eigenvalue weighted by Gasteiger charge is -2.26. The van der Waals surface area contributed by atoms with Crippen molar-refractivity contribution in [1.29, 1.82) is 0 Å². The van der Waals surface area contributed by atoms with Gasteiger partial charge in [0, 0.05) is 18.4 Å². The van der Waals surface area contributed by atoms with Crippen LogP contribution in [0.4, 0.5) is 4.79 Å². The first-order valence-electron chi connectivity index (χ1n) is 12.5. The molecule has 1 aliphatic carbocycles. The van der Waals surface area contributed by atoms with Crippen LogP contribution in [0.25, 0.3) is 0 Å². The van der Waals surface area contributed by atoms with E-state index in [4.69, 9.17) is 0 Å². The van der Waals surface area contributed by atoms with Crippen LogP contribution >= 0.6 is 0 Å². The molecule has 1 aromatic rings. The maximum atomic E-state index is 13.3. The highest BCUT2D eigenvalue weighted by atomic mass is 32.2. The molecule has 3 atom stereocenters. The zero-order valence-electron chi connectivity index (χ0n) is 20.4. The Bertz CT molecular complexity index is 1080. The van der Waals surface area contributed by atoms with Gasteiger partial charge in [-0.2, -0.15) is 4.31 Å². The number of hydrogen-bond donors (Lipinski definition) is 3. The van der Waals surface area contributed by atoms with Crippen molar-refractivity contribution in [3.05, 3.63) is 36.7 Å². The van der Waals surface area contributed by atoms with Crippen molar-refractivity contribution in [2.45, 2.75) is 75.0 Å². The number of amides is 3. The summed E-state index contributed by atoms with van der Waals surface area (Å²) in [6, 6.07) is 2.14.